The molecule has 0 amide bonds. The fourth-order valence-electron chi connectivity index (χ4n) is 1.51. The van der Waals surface area contributed by atoms with Crippen molar-refractivity contribution in [2.24, 2.45) is 0 Å². The Morgan fingerprint density at radius 3 is 2.32 bits per heavy atom. The van der Waals surface area contributed by atoms with Gasteiger partial charge in [0.15, 0.2) is 0 Å². The lowest BCUT2D eigenvalue weighted by atomic mass is 10.5. The van der Waals surface area contributed by atoms with Crippen molar-refractivity contribution in [1.82, 2.24) is 15.0 Å². The van der Waals surface area contributed by atoms with Gasteiger partial charge in [-0.15, -0.1) is 0 Å². The van der Waals surface area contributed by atoms with Gasteiger partial charge in [0.1, 0.15) is 0 Å². The molecule has 2 N–H and O–H groups in total. The summed E-state index contributed by atoms with van der Waals surface area (Å²) < 4.78 is 11.0. The van der Waals surface area contributed by atoms with E-state index in [4.69, 9.17) is 0 Å². The maximum Gasteiger partial charge on any atom is 0.231 e. The predicted octanol–water partition coefficient (Wildman–Crippen LogP) is 0.550. The van der Waals surface area contributed by atoms with Crippen molar-refractivity contribution in [2.45, 2.75) is 13.8 Å². The van der Waals surface area contributed by atoms with Crippen molar-refractivity contribution < 1.29 is 4.21 Å². The normalized spacial score (nSPS) is 12.0. The first-order valence-electron chi connectivity index (χ1n) is 6.33. The Morgan fingerprint density at radius 1 is 1.16 bits per heavy atom. The van der Waals surface area contributed by atoms with Gasteiger partial charge in [0.2, 0.25) is 17.8 Å². The van der Waals surface area contributed by atoms with Crippen LogP contribution < -0.4 is 15.5 Å². The van der Waals surface area contributed by atoms with Gasteiger partial charge in [0.25, 0.3) is 0 Å². The monoisotopic (exact) mass is 286 g/mol. The highest BCUT2D eigenvalue weighted by molar-refractivity contribution is 7.84. The molecule has 1 atom stereocenters. The maximum absolute atomic E-state index is 11.0. The molecule has 108 valence electrons. The van der Waals surface area contributed by atoms with Gasteiger partial charge >= 0.3 is 0 Å². The van der Waals surface area contributed by atoms with Crippen molar-refractivity contribution in [3.63, 3.8) is 0 Å². The largest absolute Gasteiger partial charge is 0.357 e. The van der Waals surface area contributed by atoms with E-state index in [1.807, 2.05) is 4.90 Å². The standard InChI is InChI=1S/C11H22N6OS/c1-5-17(6-2)11-15-9(12-3)14-10(16-11)13-7-8-19(4)18/h5-8H2,1-4H3,(H2,12,13,14,15,16). The number of aromatic nitrogens is 3. The van der Waals surface area contributed by atoms with Crippen LogP contribution >= 0.6 is 0 Å². The van der Waals surface area contributed by atoms with Crippen LogP contribution in [0.3, 0.4) is 0 Å². The topological polar surface area (TPSA) is 83.0 Å². The second-order valence-electron chi connectivity index (χ2n) is 3.91. The van der Waals surface area contributed by atoms with Crippen LogP contribution in [0.4, 0.5) is 17.8 Å². The smallest absolute Gasteiger partial charge is 0.231 e. The van der Waals surface area contributed by atoms with Gasteiger partial charge in [-0.3, -0.25) is 4.21 Å². The average molecular weight is 286 g/mol. The third kappa shape index (κ3) is 4.98. The Kier molecular flexibility index (Phi) is 6.48. The van der Waals surface area contributed by atoms with Gasteiger partial charge in [-0.2, -0.15) is 15.0 Å². The van der Waals surface area contributed by atoms with Gasteiger partial charge in [-0.05, 0) is 13.8 Å². The Hall–Kier alpha value is -1.44. The zero-order valence-electron chi connectivity index (χ0n) is 11.9. The van der Waals surface area contributed by atoms with Crippen molar-refractivity contribution in [3.05, 3.63) is 0 Å². The molecule has 1 aromatic heterocycles. The third-order valence-corrected chi connectivity index (χ3v) is 3.35. The van der Waals surface area contributed by atoms with Crippen molar-refractivity contribution in [2.75, 3.05) is 54.2 Å². The molecule has 0 spiro atoms. The fraction of sp³-hybridized carbons (Fsp3) is 0.727. The summed E-state index contributed by atoms with van der Waals surface area (Å²) in [6, 6.07) is 0. The molecule has 0 bridgehead atoms. The van der Waals surface area contributed by atoms with E-state index < -0.39 is 10.8 Å². The Balaban J connectivity index is 2.85. The molecule has 0 radical (unpaired) electrons. The van der Waals surface area contributed by atoms with Crippen molar-refractivity contribution in [3.8, 4) is 0 Å². The molecule has 0 fully saturated rings. The van der Waals surface area contributed by atoms with Crippen molar-refractivity contribution in [1.29, 1.82) is 0 Å². The van der Waals surface area contributed by atoms with Gasteiger partial charge < -0.3 is 15.5 Å². The molecule has 8 heteroatoms. The first-order valence-corrected chi connectivity index (χ1v) is 8.06. The van der Waals surface area contributed by atoms with E-state index in [1.54, 1.807) is 13.3 Å². The zero-order chi connectivity index (χ0) is 14.3. The minimum atomic E-state index is -0.823. The number of rotatable bonds is 8. The highest BCUT2D eigenvalue weighted by Crippen LogP contribution is 2.12. The van der Waals surface area contributed by atoms with Crippen LogP contribution in [0.2, 0.25) is 0 Å². The minimum absolute atomic E-state index is 0.506. The molecule has 19 heavy (non-hydrogen) atoms. The lowest BCUT2D eigenvalue weighted by Crippen LogP contribution is -2.25. The highest BCUT2D eigenvalue weighted by atomic mass is 32.2. The number of anilines is 3. The molecule has 1 heterocycles. The molecule has 0 aliphatic heterocycles. The number of hydrogen-bond acceptors (Lipinski definition) is 7. The number of nitrogens with one attached hydrogen (secondary N) is 2. The van der Waals surface area contributed by atoms with Gasteiger partial charge in [-0.25, -0.2) is 0 Å². The van der Waals surface area contributed by atoms with E-state index in [9.17, 15) is 4.21 Å². The summed E-state index contributed by atoms with van der Waals surface area (Å²) in [6.07, 6.45) is 1.68. The summed E-state index contributed by atoms with van der Waals surface area (Å²) in [4.78, 5) is 15.0. The van der Waals surface area contributed by atoms with Crippen LogP contribution in [0.15, 0.2) is 0 Å². The molecule has 0 saturated heterocycles. The molecule has 0 saturated carbocycles. The molecule has 0 aliphatic rings. The SMILES string of the molecule is CCN(CC)c1nc(NC)nc(NCCS(C)=O)n1. The minimum Gasteiger partial charge on any atom is -0.357 e. The quantitative estimate of drug-likeness (QED) is 0.722. The first kappa shape index (κ1) is 15.6. The van der Waals surface area contributed by atoms with Gasteiger partial charge in [0, 0.05) is 49.5 Å². The first-order chi connectivity index (χ1) is 9.10. The summed E-state index contributed by atoms with van der Waals surface area (Å²) in [5, 5.41) is 5.99. The van der Waals surface area contributed by atoms with Crippen LogP contribution in [-0.4, -0.2) is 57.9 Å². The summed E-state index contributed by atoms with van der Waals surface area (Å²) in [5.41, 5.74) is 0. The van der Waals surface area contributed by atoms with Crippen LogP contribution in [0.25, 0.3) is 0 Å². The molecular weight excluding hydrogens is 264 g/mol. The van der Waals surface area contributed by atoms with E-state index in [-0.39, 0.29) is 0 Å². The molecule has 0 aromatic carbocycles. The molecule has 1 rings (SSSR count). The van der Waals surface area contributed by atoms with Gasteiger partial charge in [0.05, 0.1) is 0 Å². The predicted molar refractivity (Wildman–Crippen MR) is 80.4 cm³/mol. The molecule has 7 nitrogen and oxygen atoms in total. The number of nitrogens with zero attached hydrogens (tertiary/aromatic N) is 4. The molecule has 1 unspecified atom stereocenters. The molecular formula is C11H22N6OS. The van der Waals surface area contributed by atoms with Gasteiger partial charge in [-0.1, -0.05) is 0 Å². The lowest BCUT2D eigenvalue weighted by Gasteiger charge is -2.19. The third-order valence-electron chi connectivity index (χ3n) is 2.57. The second-order valence-corrected chi connectivity index (χ2v) is 5.46. The van der Waals surface area contributed by atoms with E-state index in [2.05, 4.69) is 39.4 Å². The van der Waals surface area contributed by atoms with E-state index in [1.165, 1.54) is 0 Å². The summed E-state index contributed by atoms with van der Waals surface area (Å²) in [5.74, 6) is 2.24. The van der Waals surface area contributed by atoms with Crippen LogP contribution in [-0.2, 0) is 10.8 Å². The number of hydrogen-bond donors (Lipinski definition) is 2. The van der Waals surface area contributed by atoms with Crippen LogP contribution in [0.5, 0.6) is 0 Å². The van der Waals surface area contributed by atoms with Crippen LogP contribution in [0, 0.1) is 0 Å². The zero-order valence-corrected chi connectivity index (χ0v) is 12.8. The van der Waals surface area contributed by atoms with E-state index in [0.29, 0.717) is 30.1 Å². The second kappa shape index (κ2) is 7.88. The Bertz CT molecular complexity index is 424. The molecule has 0 aliphatic carbocycles. The van der Waals surface area contributed by atoms with Crippen molar-refractivity contribution >= 4 is 28.6 Å². The highest BCUT2D eigenvalue weighted by Gasteiger charge is 2.10. The Morgan fingerprint density at radius 2 is 1.79 bits per heavy atom. The lowest BCUT2D eigenvalue weighted by molar-refractivity contribution is 0.687. The summed E-state index contributed by atoms with van der Waals surface area (Å²) >= 11 is 0. The average Bonchev–Trinajstić information content (AvgIpc) is 2.39. The summed E-state index contributed by atoms with van der Waals surface area (Å²) in [7, 11) is 0.947. The van der Waals surface area contributed by atoms with E-state index >= 15 is 0 Å². The van der Waals surface area contributed by atoms with E-state index in [0.717, 1.165) is 13.1 Å². The summed E-state index contributed by atoms with van der Waals surface area (Å²) in [6.45, 7) is 6.36. The maximum atomic E-state index is 11.0. The van der Waals surface area contributed by atoms with Crippen LogP contribution in [0.1, 0.15) is 13.8 Å². The molecule has 1 aromatic rings. The Labute approximate surface area is 116 Å². The fourth-order valence-corrected chi connectivity index (χ4v) is 1.90.